The lowest BCUT2D eigenvalue weighted by atomic mass is 10.2. The molecule has 0 bridgehead atoms. The molecule has 0 unspecified atom stereocenters. The Bertz CT molecular complexity index is 837. The Morgan fingerprint density at radius 2 is 1.87 bits per heavy atom. The summed E-state index contributed by atoms with van der Waals surface area (Å²) in [4.78, 5) is 11.3. The summed E-state index contributed by atoms with van der Waals surface area (Å²) in [5.74, 6) is 0.126. The van der Waals surface area contributed by atoms with Crippen molar-refractivity contribution in [1.29, 1.82) is 0 Å². The molecule has 0 heterocycles. The number of halogens is 1. The Balaban J connectivity index is 2.42. The van der Waals surface area contributed by atoms with Crippen LogP contribution in [0.3, 0.4) is 0 Å². The summed E-state index contributed by atoms with van der Waals surface area (Å²) in [5.41, 5.74) is 0.517. The van der Waals surface area contributed by atoms with Gasteiger partial charge in [0.1, 0.15) is 5.75 Å². The minimum atomic E-state index is -3.86. The maximum Gasteiger partial charge on any atom is 0.262 e. The van der Waals surface area contributed by atoms with Gasteiger partial charge in [0, 0.05) is 18.0 Å². The first-order valence-corrected chi connectivity index (χ1v) is 8.42. The smallest absolute Gasteiger partial charge is 0.262 e. The van der Waals surface area contributed by atoms with Crippen LogP contribution < -0.4 is 14.8 Å². The second kappa shape index (κ2) is 6.89. The minimum absolute atomic E-state index is 0.0154. The Hall–Kier alpha value is -2.25. The Kier molecular flexibility index (Phi) is 5.12. The second-order valence-corrected chi connectivity index (χ2v) is 6.77. The van der Waals surface area contributed by atoms with Gasteiger partial charge in [-0.25, -0.2) is 8.42 Å². The van der Waals surface area contributed by atoms with Gasteiger partial charge in [-0.3, -0.25) is 9.52 Å². The van der Waals surface area contributed by atoms with Gasteiger partial charge in [-0.05, 0) is 30.3 Å². The predicted molar refractivity (Wildman–Crippen MR) is 89.6 cm³/mol. The molecule has 6 nitrogen and oxygen atoms in total. The summed E-state index contributed by atoms with van der Waals surface area (Å²) in [7, 11) is -2.40. The van der Waals surface area contributed by atoms with Crippen molar-refractivity contribution < 1.29 is 17.9 Å². The number of hydrogen-bond acceptors (Lipinski definition) is 4. The van der Waals surface area contributed by atoms with E-state index in [9.17, 15) is 13.2 Å². The van der Waals surface area contributed by atoms with Crippen molar-refractivity contribution in [1.82, 2.24) is 0 Å². The lowest BCUT2D eigenvalue weighted by Crippen LogP contribution is -2.16. The number of methoxy groups -OCH3 is 1. The van der Waals surface area contributed by atoms with E-state index in [2.05, 4.69) is 10.0 Å². The number of amides is 1. The molecule has 0 spiro atoms. The summed E-state index contributed by atoms with van der Waals surface area (Å²) in [6.07, 6.45) is 0. The molecule has 2 aromatic carbocycles. The van der Waals surface area contributed by atoms with Crippen molar-refractivity contribution in [2.24, 2.45) is 0 Å². The van der Waals surface area contributed by atoms with E-state index in [0.29, 0.717) is 16.5 Å². The molecular formula is C15H15ClN2O4S. The number of nitrogens with one attached hydrogen (secondary N) is 2. The van der Waals surface area contributed by atoms with Crippen LogP contribution in [0, 0.1) is 0 Å². The van der Waals surface area contributed by atoms with E-state index >= 15 is 0 Å². The number of ether oxygens (including phenoxy) is 1. The molecule has 0 aliphatic carbocycles. The standard InChI is InChI=1S/C15H15ClN2O4S/c1-10(19)17-14-7-6-12(22-2)9-15(14)18-23(20,21)13-5-3-4-11(16)8-13/h3-9,18H,1-2H3,(H,17,19). The molecule has 0 aliphatic rings. The van der Waals surface area contributed by atoms with Crippen molar-refractivity contribution >= 4 is 38.9 Å². The number of sulfonamides is 1. The lowest BCUT2D eigenvalue weighted by molar-refractivity contribution is -0.114. The number of anilines is 2. The van der Waals surface area contributed by atoms with E-state index < -0.39 is 10.0 Å². The minimum Gasteiger partial charge on any atom is -0.497 e. The van der Waals surface area contributed by atoms with Crippen LogP contribution in [-0.2, 0) is 14.8 Å². The van der Waals surface area contributed by atoms with E-state index in [1.54, 1.807) is 18.2 Å². The summed E-state index contributed by atoms with van der Waals surface area (Å²) in [6.45, 7) is 1.33. The molecule has 2 aromatic rings. The third-order valence-electron chi connectivity index (χ3n) is 2.89. The van der Waals surface area contributed by atoms with Crippen LogP contribution in [0.15, 0.2) is 47.4 Å². The molecule has 122 valence electrons. The van der Waals surface area contributed by atoms with Crippen molar-refractivity contribution in [3.8, 4) is 5.75 Å². The Morgan fingerprint density at radius 3 is 2.48 bits per heavy atom. The molecule has 0 saturated heterocycles. The van der Waals surface area contributed by atoms with E-state index in [-0.39, 0.29) is 16.5 Å². The van der Waals surface area contributed by atoms with Crippen LogP contribution in [0.25, 0.3) is 0 Å². The fourth-order valence-electron chi connectivity index (χ4n) is 1.87. The predicted octanol–water partition coefficient (Wildman–Crippen LogP) is 3.11. The monoisotopic (exact) mass is 354 g/mol. The highest BCUT2D eigenvalue weighted by atomic mass is 35.5. The van der Waals surface area contributed by atoms with Gasteiger partial charge < -0.3 is 10.1 Å². The van der Waals surface area contributed by atoms with Crippen molar-refractivity contribution in [2.45, 2.75) is 11.8 Å². The molecule has 0 aliphatic heterocycles. The van der Waals surface area contributed by atoms with Crippen LogP contribution in [0.4, 0.5) is 11.4 Å². The van der Waals surface area contributed by atoms with E-state index in [1.807, 2.05) is 0 Å². The van der Waals surface area contributed by atoms with Crippen molar-refractivity contribution in [2.75, 3.05) is 17.1 Å². The fourth-order valence-corrected chi connectivity index (χ4v) is 3.24. The third-order valence-corrected chi connectivity index (χ3v) is 4.49. The normalized spacial score (nSPS) is 10.9. The van der Waals surface area contributed by atoms with Gasteiger partial charge >= 0.3 is 0 Å². The highest BCUT2D eigenvalue weighted by molar-refractivity contribution is 7.92. The van der Waals surface area contributed by atoms with Gasteiger partial charge in [-0.1, -0.05) is 17.7 Å². The third kappa shape index (κ3) is 4.37. The molecule has 0 saturated carbocycles. The van der Waals surface area contributed by atoms with Gasteiger partial charge in [-0.2, -0.15) is 0 Å². The molecule has 0 fully saturated rings. The molecule has 0 atom stereocenters. The largest absolute Gasteiger partial charge is 0.497 e. The lowest BCUT2D eigenvalue weighted by Gasteiger charge is -2.14. The van der Waals surface area contributed by atoms with E-state index in [4.69, 9.17) is 16.3 Å². The summed E-state index contributed by atoms with van der Waals surface area (Å²) < 4.78 is 32.5. The topological polar surface area (TPSA) is 84.5 Å². The molecule has 1 amide bonds. The summed E-state index contributed by atoms with van der Waals surface area (Å²) in [5, 5.41) is 2.87. The number of carbonyl (C=O) groups excluding carboxylic acids is 1. The van der Waals surface area contributed by atoms with E-state index in [1.165, 1.54) is 38.3 Å². The second-order valence-electron chi connectivity index (χ2n) is 4.66. The zero-order valence-electron chi connectivity index (χ0n) is 12.5. The molecule has 23 heavy (non-hydrogen) atoms. The van der Waals surface area contributed by atoms with Crippen LogP contribution in [-0.4, -0.2) is 21.4 Å². The van der Waals surface area contributed by atoms with E-state index in [0.717, 1.165) is 0 Å². The van der Waals surface area contributed by atoms with Crippen molar-refractivity contribution in [3.63, 3.8) is 0 Å². The van der Waals surface area contributed by atoms with Gasteiger partial charge in [0.05, 0.1) is 23.4 Å². The first kappa shape index (κ1) is 17.1. The number of rotatable bonds is 5. The Labute approximate surface area is 139 Å². The highest BCUT2D eigenvalue weighted by Crippen LogP contribution is 2.29. The van der Waals surface area contributed by atoms with Crippen LogP contribution in [0.1, 0.15) is 6.92 Å². The number of hydrogen-bond donors (Lipinski definition) is 2. The zero-order chi connectivity index (χ0) is 17.0. The van der Waals surface area contributed by atoms with Gasteiger partial charge in [-0.15, -0.1) is 0 Å². The van der Waals surface area contributed by atoms with Crippen LogP contribution >= 0.6 is 11.6 Å². The Morgan fingerprint density at radius 1 is 1.13 bits per heavy atom. The van der Waals surface area contributed by atoms with Gasteiger partial charge in [0.25, 0.3) is 10.0 Å². The van der Waals surface area contributed by atoms with Crippen LogP contribution in [0.2, 0.25) is 5.02 Å². The molecule has 2 N–H and O–H groups in total. The first-order chi connectivity index (χ1) is 10.8. The first-order valence-electron chi connectivity index (χ1n) is 6.56. The number of carbonyl (C=O) groups is 1. The maximum absolute atomic E-state index is 12.5. The quantitative estimate of drug-likeness (QED) is 0.864. The fraction of sp³-hybridized carbons (Fsp3) is 0.133. The van der Waals surface area contributed by atoms with Crippen LogP contribution in [0.5, 0.6) is 5.75 Å². The average Bonchev–Trinajstić information content (AvgIpc) is 2.48. The summed E-state index contributed by atoms with van der Waals surface area (Å²) >= 11 is 5.83. The highest BCUT2D eigenvalue weighted by Gasteiger charge is 2.17. The molecule has 8 heteroatoms. The molecule has 0 aromatic heterocycles. The zero-order valence-corrected chi connectivity index (χ0v) is 14.0. The average molecular weight is 355 g/mol. The van der Waals surface area contributed by atoms with Gasteiger partial charge in [0.15, 0.2) is 0 Å². The number of benzene rings is 2. The SMILES string of the molecule is COc1ccc(NC(C)=O)c(NS(=O)(=O)c2cccc(Cl)c2)c1. The maximum atomic E-state index is 12.5. The molecular weight excluding hydrogens is 340 g/mol. The molecule has 2 rings (SSSR count). The van der Waals surface area contributed by atoms with Crippen molar-refractivity contribution in [3.05, 3.63) is 47.5 Å². The summed E-state index contributed by atoms with van der Waals surface area (Å²) in [6, 6.07) is 10.5. The molecule has 0 radical (unpaired) electrons. The van der Waals surface area contributed by atoms with Gasteiger partial charge in [0.2, 0.25) is 5.91 Å².